The molecule has 4 radical (unpaired) electrons. The van der Waals surface area contributed by atoms with E-state index in [0.717, 1.165) is 0 Å². The van der Waals surface area contributed by atoms with Crippen LogP contribution < -0.4 is 33.0 Å². The summed E-state index contributed by atoms with van der Waals surface area (Å²) in [5.74, 6) is 0. The van der Waals surface area contributed by atoms with E-state index in [9.17, 15) is 0 Å². The van der Waals surface area contributed by atoms with E-state index in [4.69, 9.17) is 0 Å². The van der Waals surface area contributed by atoms with E-state index in [1.807, 2.05) is 0 Å². The van der Waals surface area contributed by atoms with Crippen molar-refractivity contribution in [1.82, 2.24) is 0 Å². The molecule has 0 heterocycles. The van der Waals surface area contributed by atoms with Crippen molar-refractivity contribution in [2.24, 2.45) is 0 Å². The summed E-state index contributed by atoms with van der Waals surface area (Å²) in [5.41, 5.74) is 0. The zero-order chi connectivity index (χ0) is 0. The van der Waals surface area contributed by atoms with Crippen molar-refractivity contribution in [2.45, 2.75) is 0 Å². The normalized spacial score (nSPS) is 0. The molecule has 0 aliphatic carbocycles. The number of hydrogen-bond donors (Lipinski definition) is 0. The quantitative estimate of drug-likeness (QED) is 0.290. The molecule has 0 aliphatic heterocycles. The third kappa shape index (κ3) is 48.9. The fourth-order valence-electron chi connectivity index (χ4n) is 0. The van der Waals surface area contributed by atoms with E-state index in [2.05, 4.69) is 0 Å². The first kappa shape index (κ1) is 167. The molecule has 0 saturated carbocycles. The number of halogens is 3. The summed E-state index contributed by atoms with van der Waals surface area (Å²) >= 11 is 0. The van der Waals surface area contributed by atoms with E-state index >= 15 is 0 Å². The minimum Gasteiger partial charge on any atom is -1.00 e. The Morgan fingerprint density at radius 3 is 0.600 bits per heavy atom. The van der Waals surface area contributed by atoms with Crippen molar-refractivity contribution in [3.05, 3.63) is 0 Å². The topological polar surface area (TPSA) is 0 Å². The van der Waals surface area contributed by atoms with Crippen molar-refractivity contribution in [3.63, 3.8) is 0 Å². The van der Waals surface area contributed by atoms with Crippen LogP contribution in [0.4, 0.5) is 0 Å². The number of rotatable bonds is 0. The van der Waals surface area contributed by atoms with Gasteiger partial charge in [-0.05, 0) is 0 Å². The van der Waals surface area contributed by atoms with Crippen LogP contribution in [0.5, 0.6) is 0 Å². The zero-order valence-electron chi connectivity index (χ0n) is 2.63. The molecular formula is F3GeLi-2. The molecule has 0 aliphatic rings. The van der Waals surface area contributed by atoms with Crippen LogP contribution in [-0.4, -0.2) is 17.6 Å². The van der Waals surface area contributed by atoms with Gasteiger partial charge in [0.05, 0.1) is 0 Å². The van der Waals surface area contributed by atoms with E-state index in [0.29, 0.717) is 0 Å². The molecule has 28 valence electrons. The van der Waals surface area contributed by atoms with Gasteiger partial charge in [0, 0.05) is 17.6 Å². The van der Waals surface area contributed by atoms with E-state index < -0.39 is 0 Å². The van der Waals surface area contributed by atoms with Crippen molar-refractivity contribution in [3.8, 4) is 0 Å². The van der Waals surface area contributed by atoms with Gasteiger partial charge in [-0.1, -0.05) is 0 Å². The molecule has 0 amide bonds. The molecule has 0 saturated heterocycles. The SMILES string of the molecule is [F-].[F-].[F-].[Ge].[Li+]. The molecule has 0 fully saturated rings. The second kappa shape index (κ2) is 88.0. The summed E-state index contributed by atoms with van der Waals surface area (Å²) < 4.78 is 0. The summed E-state index contributed by atoms with van der Waals surface area (Å²) in [4.78, 5) is 0. The Bertz CT molecular complexity index is 6.85. The van der Waals surface area contributed by atoms with Crippen molar-refractivity contribution < 1.29 is 33.0 Å². The first-order chi connectivity index (χ1) is 0. The van der Waals surface area contributed by atoms with Gasteiger partial charge in [-0.25, -0.2) is 0 Å². The monoisotopic (exact) mass is 138 g/mol. The molecule has 0 unspecified atom stereocenters. The maximum atomic E-state index is 0. The molecule has 0 aromatic rings. The Morgan fingerprint density at radius 1 is 0.600 bits per heavy atom. The third-order valence-electron chi connectivity index (χ3n) is 0. The van der Waals surface area contributed by atoms with Crippen LogP contribution in [0.1, 0.15) is 0 Å². The molecule has 0 aromatic heterocycles. The average molecular weight is 137 g/mol. The molecule has 0 atom stereocenters. The summed E-state index contributed by atoms with van der Waals surface area (Å²) in [6.45, 7) is 0. The average Bonchev–Trinajstić information content (AvgIpc) is 0. The summed E-state index contributed by atoms with van der Waals surface area (Å²) in [6, 6.07) is 0. The molecule has 0 aromatic carbocycles. The Labute approximate surface area is 50.9 Å². The largest absolute Gasteiger partial charge is 1.00 e. The van der Waals surface area contributed by atoms with Crippen LogP contribution in [0.15, 0.2) is 0 Å². The van der Waals surface area contributed by atoms with Crippen LogP contribution in [-0.2, 0) is 0 Å². The van der Waals surface area contributed by atoms with Gasteiger partial charge in [0.15, 0.2) is 0 Å². The van der Waals surface area contributed by atoms with Crippen LogP contribution in [0.25, 0.3) is 0 Å². The van der Waals surface area contributed by atoms with E-state index in [1.165, 1.54) is 0 Å². The Morgan fingerprint density at radius 2 is 0.600 bits per heavy atom. The molecule has 0 bridgehead atoms. The zero-order valence-corrected chi connectivity index (χ0v) is 4.73. The van der Waals surface area contributed by atoms with Crippen LogP contribution in [0.3, 0.4) is 0 Å². The van der Waals surface area contributed by atoms with Crippen molar-refractivity contribution >= 4 is 17.6 Å². The van der Waals surface area contributed by atoms with Gasteiger partial charge in [-0.15, -0.1) is 0 Å². The minimum absolute atomic E-state index is 0. The second-order valence-electron chi connectivity index (χ2n) is 0. The molecule has 0 N–H and O–H groups in total. The van der Waals surface area contributed by atoms with E-state index in [1.54, 1.807) is 0 Å². The smallest absolute Gasteiger partial charge is 1.00 e. The van der Waals surface area contributed by atoms with Gasteiger partial charge in [0.25, 0.3) is 0 Å². The fourth-order valence-corrected chi connectivity index (χ4v) is 0. The second-order valence-corrected chi connectivity index (χ2v) is 0. The van der Waals surface area contributed by atoms with Gasteiger partial charge < -0.3 is 14.1 Å². The van der Waals surface area contributed by atoms with Crippen LogP contribution >= 0.6 is 0 Å². The van der Waals surface area contributed by atoms with E-state index in [-0.39, 0.29) is 50.6 Å². The van der Waals surface area contributed by atoms with Crippen molar-refractivity contribution in [2.75, 3.05) is 0 Å². The maximum Gasteiger partial charge on any atom is 1.00 e. The molecule has 5 heavy (non-hydrogen) atoms. The van der Waals surface area contributed by atoms with Gasteiger partial charge in [0.2, 0.25) is 0 Å². The predicted octanol–water partition coefficient (Wildman–Crippen LogP) is -12.4. The first-order valence-corrected chi connectivity index (χ1v) is 0. The van der Waals surface area contributed by atoms with Gasteiger partial charge in [-0.2, -0.15) is 0 Å². The summed E-state index contributed by atoms with van der Waals surface area (Å²) in [6.07, 6.45) is 0. The van der Waals surface area contributed by atoms with Crippen LogP contribution in [0.2, 0.25) is 0 Å². The van der Waals surface area contributed by atoms with Crippen molar-refractivity contribution in [1.29, 1.82) is 0 Å². The summed E-state index contributed by atoms with van der Waals surface area (Å²) in [5, 5.41) is 0. The molecule has 0 nitrogen and oxygen atoms in total. The summed E-state index contributed by atoms with van der Waals surface area (Å²) in [7, 11) is 0. The van der Waals surface area contributed by atoms with Gasteiger partial charge in [-0.3, -0.25) is 0 Å². The Hall–Kier alpha value is 0.930. The molecule has 0 rings (SSSR count). The minimum atomic E-state index is 0. The standard InChI is InChI=1S/3FH.Ge.Li/h3*1H;;/q;;;;+1/p-3. The number of hydrogen-bond acceptors (Lipinski definition) is 0. The molecule has 0 spiro atoms. The first-order valence-electron chi connectivity index (χ1n) is 0. The Kier molecular flexibility index (Phi) is 2930. The third-order valence-corrected chi connectivity index (χ3v) is 0. The maximum absolute atomic E-state index is 0. The van der Waals surface area contributed by atoms with Gasteiger partial charge in [0.1, 0.15) is 0 Å². The molecular weight excluding hydrogens is 137 g/mol. The molecule has 5 heteroatoms. The van der Waals surface area contributed by atoms with Gasteiger partial charge >= 0.3 is 18.9 Å². The predicted molar refractivity (Wildman–Crippen MR) is 5.75 cm³/mol. The van der Waals surface area contributed by atoms with Crippen LogP contribution in [0, 0.1) is 0 Å². The fraction of sp³-hybridized carbons (Fsp3) is 0. The Balaban J connectivity index is 0.